The average molecular weight is 278 g/mol. The van der Waals surface area contributed by atoms with Crippen LogP contribution in [-0.2, 0) is 24.2 Å². The highest BCUT2D eigenvalue weighted by atomic mass is 32.1. The maximum Gasteiger partial charge on any atom is 0.339 e. The highest BCUT2D eigenvalue weighted by Crippen LogP contribution is 2.30. The van der Waals surface area contributed by atoms with E-state index >= 15 is 0 Å². The molecule has 100 valence electrons. The molecule has 2 heterocycles. The van der Waals surface area contributed by atoms with Gasteiger partial charge in [0.15, 0.2) is 6.61 Å². The van der Waals surface area contributed by atoms with Gasteiger partial charge in [0.05, 0.1) is 5.56 Å². The molecule has 0 N–H and O–H groups in total. The number of hydrogen-bond acceptors (Lipinski definition) is 6. The standard InChI is InChI=1S/C13H14N2O3S/c1-8-14-15-12(18-8)6-17-13(16)10-7-19-11-5-3-2-4-9(10)11/h7H,2-6H2,1H3. The van der Waals surface area contributed by atoms with Gasteiger partial charge in [0, 0.05) is 17.2 Å². The molecule has 0 unspecified atom stereocenters. The molecule has 1 aliphatic carbocycles. The topological polar surface area (TPSA) is 65.2 Å². The highest BCUT2D eigenvalue weighted by Gasteiger charge is 2.21. The summed E-state index contributed by atoms with van der Waals surface area (Å²) >= 11 is 1.65. The van der Waals surface area contributed by atoms with Gasteiger partial charge >= 0.3 is 5.97 Å². The lowest BCUT2D eigenvalue weighted by atomic mass is 9.96. The predicted octanol–water partition coefficient (Wildman–Crippen LogP) is 2.68. The van der Waals surface area contributed by atoms with Gasteiger partial charge in [-0.3, -0.25) is 0 Å². The van der Waals surface area contributed by atoms with E-state index in [1.54, 1.807) is 18.3 Å². The van der Waals surface area contributed by atoms with Crippen LogP contribution in [0, 0.1) is 6.92 Å². The van der Waals surface area contributed by atoms with Gasteiger partial charge in [-0.25, -0.2) is 4.79 Å². The van der Waals surface area contributed by atoms with Crippen molar-refractivity contribution in [2.75, 3.05) is 0 Å². The van der Waals surface area contributed by atoms with Crippen molar-refractivity contribution >= 4 is 17.3 Å². The number of thiophene rings is 1. The minimum Gasteiger partial charge on any atom is -0.452 e. The number of esters is 1. The van der Waals surface area contributed by atoms with Crippen molar-refractivity contribution < 1.29 is 13.9 Å². The van der Waals surface area contributed by atoms with E-state index in [-0.39, 0.29) is 12.6 Å². The molecule has 0 aliphatic heterocycles. The molecule has 0 radical (unpaired) electrons. The van der Waals surface area contributed by atoms with Crippen molar-refractivity contribution in [2.24, 2.45) is 0 Å². The van der Waals surface area contributed by atoms with Crippen molar-refractivity contribution in [3.05, 3.63) is 33.2 Å². The van der Waals surface area contributed by atoms with Crippen LogP contribution in [0.4, 0.5) is 0 Å². The summed E-state index contributed by atoms with van der Waals surface area (Å²) in [6.45, 7) is 1.73. The predicted molar refractivity (Wildman–Crippen MR) is 69.1 cm³/mol. The molecule has 0 saturated carbocycles. The van der Waals surface area contributed by atoms with Gasteiger partial charge in [0.25, 0.3) is 5.89 Å². The van der Waals surface area contributed by atoms with E-state index in [0.717, 1.165) is 19.3 Å². The number of carbonyl (C=O) groups excluding carboxylic acids is 1. The Bertz CT molecular complexity index is 603. The first-order valence-electron chi connectivity index (χ1n) is 6.29. The summed E-state index contributed by atoms with van der Waals surface area (Å²) in [5.41, 5.74) is 1.87. The lowest BCUT2D eigenvalue weighted by Gasteiger charge is -2.11. The fraction of sp³-hybridized carbons (Fsp3) is 0.462. The smallest absolute Gasteiger partial charge is 0.339 e. The van der Waals surface area contributed by atoms with Crippen molar-refractivity contribution in [1.82, 2.24) is 10.2 Å². The van der Waals surface area contributed by atoms with Crippen LogP contribution in [0.25, 0.3) is 0 Å². The zero-order valence-corrected chi connectivity index (χ0v) is 11.5. The number of nitrogens with zero attached hydrogens (tertiary/aromatic N) is 2. The van der Waals surface area contributed by atoms with E-state index in [2.05, 4.69) is 10.2 Å². The largest absolute Gasteiger partial charge is 0.452 e. The molecule has 1 aliphatic rings. The Morgan fingerprint density at radius 2 is 2.26 bits per heavy atom. The van der Waals surface area contributed by atoms with Crippen molar-refractivity contribution in [3.8, 4) is 0 Å². The zero-order valence-electron chi connectivity index (χ0n) is 10.6. The number of aromatic nitrogens is 2. The van der Waals surface area contributed by atoms with Crippen molar-refractivity contribution in [3.63, 3.8) is 0 Å². The third kappa shape index (κ3) is 2.53. The quantitative estimate of drug-likeness (QED) is 0.808. The Morgan fingerprint density at radius 1 is 1.42 bits per heavy atom. The van der Waals surface area contributed by atoms with Gasteiger partial charge in [0.2, 0.25) is 5.89 Å². The van der Waals surface area contributed by atoms with Crippen LogP contribution in [0.5, 0.6) is 0 Å². The molecule has 6 heteroatoms. The van der Waals surface area contributed by atoms with Gasteiger partial charge in [-0.15, -0.1) is 21.5 Å². The molecule has 0 saturated heterocycles. The van der Waals surface area contributed by atoms with Crippen LogP contribution in [0.15, 0.2) is 9.80 Å². The molecular weight excluding hydrogens is 264 g/mol. The first-order chi connectivity index (χ1) is 9.24. The normalized spacial score (nSPS) is 14.2. The molecule has 5 nitrogen and oxygen atoms in total. The van der Waals surface area contributed by atoms with Gasteiger partial charge in [-0.2, -0.15) is 0 Å². The van der Waals surface area contributed by atoms with E-state index in [9.17, 15) is 4.79 Å². The first-order valence-corrected chi connectivity index (χ1v) is 7.17. The minimum atomic E-state index is -0.296. The second-order valence-electron chi connectivity index (χ2n) is 4.55. The monoisotopic (exact) mass is 278 g/mol. The van der Waals surface area contributed by atoms with Crippen LogP contribution >= 0.6 is 11.3 Å². The Labute approximate surface area is 114 Å². The second kappa shape index (κ2) is 5.13. The maximum atomic E-state index is 12.1. The Kier molecular flexibility index (Phi) is 3.33. The third-order valence-electron chi connectivity index (χ3n) is 3.18. The van der Waals surface area contributed by atoms with E-state index in [1.165, 1.54) is 16.9 Å². The lowest BCUT2D eigenvalue weighted by Crippen LogP contribution is -2.09. The van der Waals surface area contributed by atoms with Gasteiger partial charge in [0.1, 0.15) is 0 Å². The lowest BCUT2D eigenvalue weighted by molar-refractivity contribution is 0.0436. The molecule has 2 aromatic heterocycles. The van der Waals surface area contributed by atoms with Gasteiger partial charge < -0.3 is 9.15 Å². The van der Waals surface area contributed by atoms with Crippen molar-refractivity contribution in [1.29, 1.82) is 0 Å². The summed E-state index contributed by atoms with van der Waals surface area (Å²) in [5, 5.41) is 9.39. The maximum absolute atomic E-state index is 12.1. The molecular formula is C13H14N2O3S. The molecule has 19 heavy (non-hydrogen) atoms. The zero-order chi connectivity index (χ0) is 13.2. The van der Waals surface area contributed by atoms with E-state index in [4.69, 9.17) is 9.15 Å². The summed E-state index contributed by atoms with van der Waals surface area (Å²) < 4.78 is 10.4. The van der Waals surface area contributed by atoms with E-state index < -0.39 is 0 Å². The number of carbonyl (C=O) groups is 1. The van der Waals surface area contributed by atoms with Crippen molar-refractivity contribution in [2.45, 2.75) is 39.2 Å². The first kappa shape index (κ1) is 12.3. The number of aryl methyl sites for hydroxylation is 2. The van der Waals surface area contributed by atoms with Gasteiger partial charge in [-0.1, -0.05) is 0 Å². The number of ether oxygens (including phenoxy) is 1. The number of rotatable bonds is 3. The molecule has 0 fully saturated rings. The Balaban J connectivity index is 1.69. The summed E-state index contributed by atoms with van der Waals surface area (Å²) in [7, 11) is 0. The fourth-order valence-corrected chi connectivity index (χ4v) is 3.38. The summed E-state index contributed by atoms with van der Waals surface area (Å²) in [6.07, 6.45) is 4.41. The third-order valence-corrected chi connectivity index (χ3v) is 4.26. The number of fused-ring (bicyclic) bond motifs is 1. The summed E-state index contributed by atoms with van der Waals surface area (Å²) in [6, 6.07) is 0. The molecule has 0 spiro atoms. The molecule has 2 aromatic rings. The minimum absolute atomic E-state index is 0.0320. The van der Waals surface area contributed by atoms with Gasteiger partial charge in [-0.05, 0) is 31.2 Å². The summed E-state index contributed by atoms with van der Waals surface area (Å²) in [5.74, 6) is 0.504. The SMILES string of the molecule is Cc1nnc(COC(=O)c2csc3c2CCCC3)o1. The van der Waals surface area contributed by atoms with Crippen LogP contribution in [0.3, 0.4) is 0 Å². The average Bonchev–Trinajstić information content (AvgIpc) is 3.02. The Hall–Kier alpha value is -1.69. The van der Waals surface area contributed by atoms with Crippen LogP contribution in [0.2, 0.25) is 0 Å². The van der Waals surface area contributed by atoms with Crippen LogP contribution in [0.1, 0.15) is 45.4 Å². The summed E-state index contributed by atoms with van der Waals surface area (Å²) in [4.78, 5) is 13.4. The van der Waals surface area contributed by atoms with E-state index in [0.29, 0.717) is 17.3 Å². The second-order valence-corrected chi connectivity index (χ2v) is 5.51. The van der Waals surface area contributed by atoms with Crippen LogP contribution in [-0.4, -0.2) is 16.2 Å². The molecule has 0 amide bonds. The van der Waals surface area contributed by atoms with Crippen LogP contribution < -0.4 is 0 Å². The fourth-order valence-electron chi connectivity index (χ4n) is 2.27. The number of hydrogen-bond donors (Lipinski definition) is 0. The van der Waals surface area contributed by atoms with E-state index in [1.807, 2.05) is 5.38 Å². The highest BCUT2D eigenvalue weighted by molar-refractivity contribution is 7.10. The Morgan fingerprint density at radius 3 is 3.05 bits per heavy atom. The molecule has 0 bridgehead atoms. The molecule has 3 rings (SSSR count). The molecule has 0 aromatic carbocycles. The molecule has 0 atom stereocenters.